The number of nitrogens with one attached hydrogen (secondary N) is 1. The quantitative estimate of drug-likeness (QED) is 0.358. The van der Waals surface area contributed by atoms with E-state index in [1.807, 2.05) is 50.2 Å². The molecule has 0 saturated carbocycles. The zero-order valence-electron chi connectivity index (χ0n) is 15.8. The van der Waals surface area contributed by atoms with Crippen LogP contribution < -0.4 is 5.32 Å². The Balaban J connectivity index is 0.00000126. The predicted molar refractivity (Wildman–Crippen MR) is 111 cm³/mol. The van der Waals surface area contributed by atoms with Crippen LogP contribution in [-0.2, 0) is 0 Å². The van der Waals surface area contributed by atoms with Gasteiger partial charge < -0.3 is 10.4 Å². The fourth-order valence-electron chi connectivity index (χ4n) is 2.93. The Morgan fingerprint density at radius 3 is 2.59 bits per heavy atom. The second-order valence-corrected chi connectivity index (χ2v) is 7.04. The summed E-state index contributed by atoms with van der Waals surface area (Å²) in [6.07, 6.45) is 2.08. The highest BCUT2D eigenvalue weighted by Gasteiger charge is 2.15. The number of nitrogens with zero attached hydrogens (tertiary/aromatic N) is 1. The normalized spacial score (nSPS) is 10.2. The Morgan fingerprint density at radius 1 is 1.22 bits per heavy atom. The summed E-state index contributed by atoms with van der Waals surface area (Å²) in [4.78, 5) is 29.1. The molecule has 2 N–H and O–H groups in total. The van der Waals surface area contributed by atoms with Crippen LogP contribution in [0.3, 0.4) is 0 Å². The molecule has 0 fully saturated rings. The lowest BCUT2D eigenvalue weighted by molar-refractivity contribution is 0.0980. The third kappa shape index (κ3) is 4.99. The van der Waals surface area contributed by atoms with Gasteiger partial charge in [-0.25, -0.2) is 4.98 Å². The lowest BCUT2D eigenvalue weighted by Crippen LogP contribution is -2.06. The van der Waals surface area contributed by atoms with Crippen LogP contribution in [0.2, 0.25) is 0 Å². The first-order chi connectivity index (χ1) is 13.1. The molecule has 0 amide bonds. The Morgan fingerprint density at radius 2 is 1.93 bits per heavy atom. The van der Waals surface area contributed by atoms with E-state index < -0.39 is 0 Å². The number of thiophene rings is 1. The largest absolute Gasteiger partial charge is 0.400 e. The molecule has 0 saturated heterocycles. The number of carbonyl (C=O) groups excluding carboxylic acids is 2. The molecular weight excluding hydrogens is 360 g/mol. The number of aldehydes is 1. The summed E-state index contributed by atoms with van der Waals surface area (Å²) >= 11 is 1.49. The van der Waals surface area contributed by atoms with Crippen LogP contribution >= 0.6 is 11.3 Å². The number of benzene rings is 1. The number of Topliss-reactive ketones (excluding diaryl/α,β-unsaturated/α-hetero) is 1. The first-order valence-corrected chi connectivity index (χ1v) is 9.54. The van der Waals surface area contributed by atoms with Gasteiger partial charge in [-0.15, -0.1) is 0 Å². The number of rotatable bonds is 7. The van der Waals surface area contributed by atoms with Crippen LogP contribution in [0.4, 0.5) is 5.00 Å². The van der Waals surface area contributed by atoms with Crippen LogP contribution in [0.1, 0.15) is 44.8 Å². The van der Waals surface area contributed by atoms with Crippen molar-refractivity contribution in [3.05, 3.63) is 58.8 Å². The maximum Gasteiger partial charge on any atom is 0.162 e. The van der Waals surface area contributed by atoms with Crippen molar-refractivity contribution in [3.63, 3.8) is 0 Å². The smallest absolute Gasteiger partial charge is 0.162 e. The van der Waals surface area contributed by atoms with E-state index in [9.17, 15) is 9.59 Å². The number of aromatic nitrogens is 1. The lowest BCUT2D eigenvalue weighted by atomic mass is 10.1. The van der Waals surface area contributed by atoms with Gasteiger partial charge in [-0.1, -0.05) is 41.7 Å². The minimum Gasteiger partial charge on any atom is -0.400 e. The van der Waals surface area contributed by atoms with Crippen molar-refractivity contribution in [2.45, 2.75) is 26.7 Å². The van der Waals surface area contributed by atoms with Gasteiger partial charge >= 0.3 is 0 Å². The topological polar surface area (TPSA) is 79.3 Å². The van der Waals surface area contributed by atoms with Crippen molar-refractivity contribution >= 4 is 38.6 Å². The monoisotopic (exact) mass is 384 g/mol. The standard InChI is InChI=1S/C20H20N2O2S.CH4O/c1-13-11-14(2)22-20-18(13)16(12-23)19(25-20)21-10-6-9-17(24)15-7-4-3-5-8-15;1-2/h3-5,7-8,11-12,21H,6,9-10H2,1-2H3;2H,1H3. The minimum atomic E-state index is 0.141. The van der Waals surface area contributed by atoms with Crippen LogP contribution in [0.5, 0.6) is 0 Å². The highest BCUT2D eigenvalue weighted by atomic mass is 32.1. The Hall–Kier alpha value is -2.57. The molecule has 142 valence electrons. The Bertz CT molecular complexity index is 920. The maximum absolute atomic E-state index is 12.1. The molecule has 2 heterocycles. The van der Waals surface area contributed by atoms with Crippen molar-refractivity contribution in [2.75, 3.05) is 19.0 Å². The number of hydrogen-bond donors (Lipinski definition) is 2. The van der Waals surface area contributed by atoms with Gasteiger partial charge in [-0.3, -0.25) is 9.59 Å². The van der Waals surface area contributed by atoms with Gasteiger partial charge in [0.05, 0.1) is 5.56 Å². The van der Waals surface area contributed by atoms with E-state index in [0.717, 1.165) is 45.4 Å². The minimum absolute atomic E-state index is 0.141. The van der Waals surface area contributed by atoms with Crippen molar-refractivity contribution in [2.24, 2.45) is 0 Å². The summed E-state index contributed by atoms with van der Waals surface area (Å²) < 4.78 is 0. The molecule has 0 spiro atoms. The van der Waals surface area contributed by atoms with Gasteiger partial charge in [-0.05, 0) is 31.9 Å². The molecule has 3 rings (SSSR count). The summed E-state index contributed by atoms with van der Waals surface area (Å²) in [5.41, 5.74) is 3.42. The summed E-state index contributed by atoms with van der Waals surface area (Å²) in [5.74, 6) is 0.141. The Labute approximate surface area is 163 Å². The summed E-state index contributed by atoms with van der Waals surface area (Å²) in [6, 6.07) is 11.3. The van der Waals surface area contributed by atoms with E-state index in [0.29, 0.717) is 24.9 Å². The second-order valence-electron chi connectivity index (χ2n) is 6.04. The van der Waals surface area contributed by atoms with Crippen LogP contribution in [0.25, 0.3) is 10.2 Å². The predicted octanol–water partition coefficient (Wildman–Crippen LogP) is 4.41. The number of fused-ring (bicyclic) bond motifs is 1. The fraction of sp³-hybridized carbons (Fsp3) is 0.286. The third-order valence-electron chi connectivity index (χ3n) is 4.10. The molecule has 0 atom stereocenters. The van der Waals surface area contributed by atoms with Gasteiger partial charge in [0, 0.05) is 36.7 Å². The molecule has 1 aromatic carbocycles. The first-order valence-electron chi connectivity index (χ1n) is 8.73. The molecule has 27 heavy (non-hydrogen) atoms. The SMILES string of the molecule is CO.Cc1cc(C)c2c(C=O)c(NCCCC(=O)c3ccccc3)sc2n1. The number of pyridine rings is 1. The van der Waals surface area contributed by atoms with Gasteiger partial charge in [-0.2, -0.15) is 0 Å². The number of hydrogen-bond acceptors (Lipinski definition) is 6. The molecular formula is C21H24N2O3S. The maximum atomic E-state index is 12.1. The molecule has 0 bridgehead atoms. The second kappa shape index (κ2) is 9.94. The van der Waals surface area contributed by atoms with Crippen molar-refractivity contribution < 1.29 is 14.7 Å². The first kappa shape index (κ1) is 20.7. The van der Waals surface area contributed by atoms with E-state index in [4.69, 9.17) is 5.11 Å². The van der Waals surface area contributed by atoms with Gasteiger partial charge in [0.15, 0.2) is 12.1 Å². The van der Waals surface area contributed by atoms with Gasteiger partial charge in [0.2, 0.25) is 0 Å². The van der Waals surface area contributed by atoms with Crippen molar-refractivity contribution in [3.8, 4) is 0 Å². The number of carbonyl (C=O) groups is 2. The van der Waals surface area contributed by atoms with Crippen LogP contribution in [0.15, 0.2) is 36.4 Å². The summed E-state index contributed by atoms with van der Waals surface area (Å²) in [6.45, 7) is 4.60. The molecule has 5 nitrogen and oxygen atoms in total. The fourth-order valence-corrected chi connectivity index (χ4v) is 4.12. The van der Waals surface area contributed by atoms with E-state index in [2.05, 4.69) is 10.3 Å². The van der Waals surface area contributed by atoms with E-state index in [1.54, 1.807) is 0 Å². The molecule has 6 heteroatoms. The van der Waals surface area contributed by atoms with Crippen LogP contribution in [-0.4, -0.2) is 35.8 Å². The number of aliphatic hydroxyl groups excluding tert-OH is 1. The molecule has 0 radical (unpaired) electrons. The van der Waals surface area contributed by atoms with Gasteiger partial charge in [0.25, 0.3) is 0 Å². The van der Waals surface area contributed by atoms with E-state index in [-0.39, 0.29) is 5.78 Å². The molecule has 0 unspecified atom stereocenters. The van der Waals surface area contributed by atoms with Gasteiger partial charge in [0.1, 0.15) is 9.83 Å². The van der Waals surface area contributed by atoms with E-state index >= 15 is 0 Å². The summed E-state index contributed by atoms with van der Waals surface area (Å²) in [5, 5.41) is 12.1. The Kier molecular flexibility index (Phi) is 7.64. The number of ketones is 1. The molecule has 3 aromatic rings. The number of aliphatic hydroxyl groups is 1. The van der Waals surface area contributed by atoms with E-state index in [1.165, 1.54) is 11.3 Å². The highest BCUT2D eigenvalue weighted by molar-refractivity contribution is 7.23. The lowest BCUT2D eigenvalue weighted by Gasteiger charge is -2.05. The third-order valence-corrected chi connectivity index (χ3v) is 5.16. The summed E-state index contributed by atoms with van der Waals surface area (Å²) in [7, 11) is 1.00. The zero-order valence-corrected chi connectivity index (χ0v) is 16.6. The van der Waals surface area contributed by atoms with Crippen molar-refractivity contribution in [1.29, 1.82) is 0 Å². The van der Waals surface area contributed by atoms with Crippen LogP contribution in [0, 0.1) is 13.8 Å². The number of anilines is 1. The number of aryl methyl sites for hydroxylation is 2. The average molecular weight is 385 g/mol. The molecule has 0 aliphatic heterocycles. The molecule has 2 aromatic heterocycles. The highest BCUT2D eigenvalue weighted by Crippen LogP contribution is 2.35. The van der Waals surface area contributed by atoms with Crippen molar-refractivity contribution in [1.82, 2.24) is 4.98 Å². The zero-order chi connectivity index (χ0) is 19.8. The average Bonchev–Trinajstić information content (AvgIpc) is 3.04. The molecule has 0 aliphatic rings. The molecule has 0 aliphatic carbocycles.